The first kappa shape index (κ1) is 19.5. The Morgan fingerprint density at radius 3 is 2.52 bits per heavy atom. The van der Waals surface area contributed by atoms with Gasteiger partial charge in [-0.2, -0.15) is 0 Å². The molecule has 1 aromatic heterocycles. The number of aromatic nitrogens is 2. The first-order chi connectivity index (χ1) is 14.2. The van der Waals surface area contributed by atoms with Gasteiger partial charge in [0.05, 0.1) is 31.4 Å². The fourth-order valence-corrected chi connectivity index (χ4v) is 4.03. The maximum Gasteiger partial charge on any atom is 0.139 e. The van der Waals surface area contributed by atoms with Gasteiger partial charge >= 0.3 is 0 Å². The zero-order chi connectivity index (χ0) is 20.2. The molecule has 1 N–H and O–H groups in total. The van der Waals surface area contributed by atoms with Crippen molar-refractivity contribution < 1.29 is 9.47 Å². The van der Waals surface area contributed by atoms with Crippen molar-refractivity contribution in [3.05, 3.63) is 82.5 Å². The normalized spacial score (nSPS) is 16.4. The van der Waals surface area contributed by atoms with Gasteiger partial charge in [-0.05, 0) is 49.3 Å². The number of hydrogen-bond acceptors (Lipinski definition) is 3. The number of ether oxygens (including phenoxy) is 2. The Morgan fingerprint density at radius 2 is 1.79 bits per heavy atom. The molecule has 2 aliphatic rings. The highest BCUT2D eigenvalue weighted by molar-refractivity contribution is 9.12. The molecular formula is C24H23BrN2O2. The lowest BCUT2D eigenvalue weighted by Crippen LogP contribution is -1.92. The van der Waals surface area contributed by atoms with Gasteiger partial charge in [0, 0.05) is 27.6 Å². The summed E-state index contributed by atoms with van der Waals surface area (Å²) in [5, 5.41) is 0. The van der Waals surface area contributed by atoms with Gasteiger partial charge in [0.25, 0.3) is 0 Å². The van der Waals surface area contributed by atoms with E-state index in [1.54, 1.807) is 14.2 Å². The van der Waals surface area contributed by atoms with Gasteiger partial charge in [-0.3, -0.25) is 0 Å². The van der Waals surface area contributed by atoms with Crippen molar-refractivity contribution >= 4 is 27.1 Å². The largest absolute Gasteiger partial charge is 0.501 e. The van der Waals surface area contributed by atoms with Crippen LogP contribution in [-0.2, 0) is 4.74 Å². The summed E-state index contributed by atoms with van der Waals surface area (Å²) in [7, 11) is 3.38. The smallest absolute Gasteiger partial charge is 0.139 e. The van der Waals surface area contributed by atoms with Crippen LogP contribution in [0.4, 0.5) is 0 Å². The third kappa shape index (κ3) is 4.15. The molecule has 0 atom stereocenters. The molecule has 2 aromatic rings. The van der Waals surface area contributed by atoms with Gasteiger partial charge in [-0.1, -0.05) is 40.2 Å². The van der Waals surface area contributed by atoms with E-state index in [2.05, 4.69) is 51.3 Å². The number of hydrogen-bond donors (Lipinski definition) is 1. The van der Waals surface area contributed by atoms with Gasteiger partial charge in [-0.25, -0.2) is 4.98 Å². The van der Waals surface area contributed by atoms with E-state index in [4.69, 9.17) is 14.5 Å². The van der Waals surface area contributed by atoms with Gasteiger partial charge < -0.3 is 14.5 Å². The third-order valence-corrected chi connectivity index (χ3v) is 5.79. The molecule has 0 unspecified atom stereocenters. The minimum absolute atomic E-state index is 0.773. The summed E-state index contributed by atoms with van der Waals surface area (Å²) in [4.78, 5) is 8.56. The number of halogens is 1. The molecule has 29 heavy (non-hydrogen) atoms. The lowest BCUT2D eigenvalue weighted by molar-refractivity contribution is 0.285. The van der Waals surface area contributed by atoms with Crippen LogP contribution in [0.15, 0.2) is 71.0 Å². The Bertz CT molecular complexity index is 1050. The molecule has 2 aliphatic carbocycles. The number of nitrogens with zero attached hydrogens (tertiary/aromatic N) is 1. The standard InChI is InChI=1S/C24H23BrN2O2/c1-28-18-7-5-6-16(10-13-18)22-23(17-11-14-19(29-2)15-12-17)27-24(26-22)20-8-3-4-9-21(20)25/h5-6,8-15H,3-4,7H2,1-2H3,(H,26,27). The topological polar surface area (TPSA) is 47.1 Å². The zero-order valence-corrected chi connectivity index (χ0v) is 18.1. The van der Waals surface area contributed by atoms with Crippen LogP contribution in [0.1, 0.15) is 30.8 Å². The summed E-state index contributed by atoms with van der Waals surface area (Å²) >= 11 is 3.69. The monoisotopic (exact) mass is 450 g/mol. The molecule has 1 heterocycles. The van der Waals surface area contributed by atoms with Crippen LogP contribution in [0, 0.1) is 0 Å². The summed E-state index contributed by atoms with van der Waals surface area (Å²) in [5.74, 6) is 2.62. The summed E-state index contributed by atoms with van der Waals surface area (Å²) in [6.07, 6.45) is 15.6. The highest BCUT2D eigenvalue weighted by atomic mass is 79.9. The van der Waals surface area contributed by atoms with Crippen molar-refractivity contribution in [1.29, 1.82) is 0 Å². The number of imidazole rings is 1. The maximum atomic E-state index is 5.41. The van der Waals surface area contributed by atoms with Gasteiger partial charge in [0.1, 0.15) is 11.6 Å². The first-order valence-corrected chi connectivity index (χ1v) is 10.4. The average Bonchev–Trinajstić information content (AvgIpc) is 3.05. The number of H-pyrrole nitrogens is 1. The van der Waals surface area contributed by atoms with E-state index < -0.39 is 0 Å². The van der Waals surface area contributed by atoms with Gasteiger partial charge in [0.2, 0.25) is 0 Å². The predicted octanol–water partition coefficient (Wildman–Crippen LogP) is 6.41. The minimum atomic E-state index is 0.773. The summed E-state index contributed by atoms with van der Waals surface area (Å²) in [5.41, 5.74) is 5.11. The predicted molar refractivity (Wildman–Crippen MR) is 122 cm³/mol. The van der Waals surface area contributed by atoms with E-state index in [1.807, 2.05) is 30.3 Å². The van der Waals surface area contributed by atoms with E-state index in [-0.39, 0.29) is 0 Å². The second-order valence-corrected chi connectivity index (χ2v) is 7.70. The lowest BCUT2D eigenvalue weighted by atomic mass is 10.0. The lowest BCUT2D eigenvalue weighted by Gasteiger charge is -2.08. The second-order valence-electron chi connectivity index (χ2n) is 6.85. The van der Waals surface area contributed by atoms with Crippen molar-refractivity contribution in [1.82, 2.24) is 9.97 Å². The fourth-order valence-electron chi connectivity index (χ4n) is 3.45. The molecule has 4 rings (SSSR count). The zero-order valence-electron chi connectivity index (χ0n) is 16.5. The number of rotatable bonds is 5. The summed E-state index contributed by atoms with van der Waals surface area (Å²) in [6.45, 7) is 0. The number of aromatic amines is 1. The average molecular weight is 451 g/mol. The Balaban J connectivity index is 1.84. The summed E-state index contributed by atoms with van der Waals surface area (Å²) in [6, 6.07) is 8.01. The number of nitrogens with one attached hydrogen (secondary N) is 1. The molecule has 4 nitrogen and oxygen atoms in total. The molecule has 5 heteroatoms. The molecular weight excluding hydrogens is 428 g/mol. The number of allylic oxidation sites excluding steroid dienone is 9. The van der Waals surface area contributed by atoms with Crippen molar-refractivity contribution in [2.75, 3.05) is 14.2 Å². The minimum Gasteiger partial charge on any atom is -0.501 e. The molecule has 0 saturated carbocycles. The maximum absolute atomic E-state index is 5.41. The van der Waals surface area contributed by atoms with Crippen LogP contribution in [0.25, 0.3) is 22.4 Å². The molecule has 0 fully saturated rings. The Morgan fingerprint density at radius 1 is 1.00 bits per heavy atom. The third-order valence-electron chi connectivity index (χ3n) is 5.03. The van der Waals surface area contributed by atoms with Gasteiger partial charge in [0.15, 0.2) is 0 Å². The molecule has 0 saturated heterocycles. The fraction of sp³-hybridized carbons (Fsp3) is 0.208. The van der Waals surface area contributed by atoms with E-state index in [0.29, 0.717) is 0 Å². The van der Waals surface area contributed by atoms with Crippen LogP contribution in [0.3, 0.4) is 0 Å². The van der Waals surface area contributed by atoms with Crippen molar-refractivity contribution in [3.63, 3.8) is 0 Å². The SMILES string of the molecule is COC1=CC=C(c2[nH]c(C3=CCCC=C3Br)nc2-c2ccc(OC)cc2)C=CC1. The van der Waals surface area contributed by atoms with Crippen LogP contribution in [0.2, 0.25) is 0 Å². The van der Waals surface area contributed by atoms with E-state index in [1.165, 1.54) is 0 Å². The molecule has 0 radical (unpaired) electrons. The van der Waals surface area contributed by atoms with E-state index >= 15 is 0 Å². The molecule has 0 spiro atoms. The van der Waals surface area contributed by atoms with Crippen molar-refractivity contribution in [3.8, 4) is 17.0 Å². The number of methoxy groups -OCH3 is 2. The Kier molecular flexibility index (Phi) is 5.86. The molecule has 0 bridgehead atoms. The molecule has 148 valence electrons. The van der Waals surface area contributed by atoms with Crippen LogP contribution >= 0.6 is 15.9 Å². The van der Waals surface area contributed by atoms with E-state index in [9.17, 15) is 0 Å². The van der Waals surface area contributed by atoms with Crippen molar-refractivity contribution in [2.45, 2.75) is 19.3 Å². The molecule has 0 aliphatic heterocycles. The number of benzene rings is 1. The second kappa shape index (κ2) is 8.70. The van der Waals surface area contributed by atoms with Crippen LogP contribution in [0.5, 0.6) is 5.75 Å². The first-order valence-electron chi connectivity index (χ1n) is 9.62. The Hall–Kier alpha value is -2.79. The highest BCUT2D eigenvalue weighted by Crippen LogP contribution is 2.36. The Labute approximate surface area is 179 Å². The van der Waals surface area contributed by atoms with Gasteiger partial charge in [-0.15, -0.1) is 0 Å². The molecule has 1 aromatic carbocycles. The van der Waals surface area contributed by atoms with Crippen LogP contribution in [-0.4, -0.2) is 24.2 Å². The highest BCUT2D eigenvalue weighted by Gasteiger charge is 2.19. The van der Waals surface area contributed by atoms with E-state index in [0.717, 1.165) is 69.2 Å². The molecule has 0 amide bonds. The van der Waals surface area contributed by atoms with Crippen molar-refractivity contribution in [2.24, 2.45) is 0 Å². The summed E-state index contributed by atoms with van der Waals surface area (Å²) < 4.78 is 11.8. The quantitative estimate of drug-likeness (QED) is 0.571. The van der Waals surface area contributed by atoms with Crippen LogP contribution < -0.4 is 4.74 Å².